The fourth-order valence-electron chi connectivity index (χ4n) is 1.91. The van der Waals surface area contributed by atoms with Crippen LogP contribution in [-0.2, 0) is 9.59 Å². The highest BCUT2D eigenvalue weighted by molar-refractivity contribution is 5.79. The quantitative estimate of drug-likeness (QED) is 0.679. The number of carboxylic acid groups (broad SMARTS) is 1. The van der Waals surface area contributed by atoms with Crippen LogP contribution in [0.1, 0.15) is 26.7 Å². The highest BCUT2D eigenvalue weighted by Crippen LogP contribution is 2.29. The van der Waals surface area contributed by atoms with Gasteiger partial charge in [-0.3, -0.25) is 14.5 Å². The number of rotatable bonds is 8. The van der Waals surface area contributed by atoms with Crippen LogP contribution >= 0.6 is 0 Å². The van der Waals surface area contributed by atoms with Gasteiger partial charge in [0.2, 0.25) is 5.91 Å². The summed E-state index contributed by atoms with van der Waals surface area (Å²) < 4.78 is 0. The van der Waals surface area contributed by atoms with E-state index < -0.39 is 5.97 Å². The molecule has 98 valence electrons. The standard InChI is InChI=1S/C12H22N2O3/c1-3-14(4-2)11(15)8-13(9-12(16)17)7-10-5-6-10/h10H,3-9H2,1-2H3,(H,16,17). The number of likely N-dealkylation sites (N-methyl/N-ethyl adjacent to an activating group) is 1. The van der Waals surface area contributed by atoms with Gasteiger partial charge in [0, 0.05) is 19.6 Å². The molecule has 5 nitrogen and oxygen atoms in total. The Kier molecular flexibility index (Phi) is 5.41. The number of hydrogen-bond donors (Lipinski definition) is 1. The maximum Gasteiger partial charge on any atom is 0.317 e. The van der Waals surface area contributed by atoms with Crippen LogP contribution in [0.4, 0.5) is 0 Å². The summed E-state index contributed by atoms with van der Waals surface area (Å²) in [6, 6.07) is 0. The normalized spacial score (nSPS) is 15.0. The molecule has 0 unspecified atom stereocenters. The van der Waals surface area contributed by atoms with E-state index in [9.17, 15) is 9.59 Å². The largest absolute Gasteiger partial charge is 0.480 e. The van der Waals surface area contributed by atoms with Crippen LogP contribution in [0.3, 0.4) is 0 Å². The number of carbonyl (C=O) groups excluding carboxylic acids is 1. The molecule has 5 heteroatoms. The summed E-state index contributed by atoms with van der Waals surface area (Å²) in [5.74, 6) is -0.242. The summed E-state index contributed by atoms with van der Waals surface area (Å²) in [5, 5.41) is 8.82. The van der Waals surface area contributed by atoms with Crippen molar-refractivity contribution in [2.24, 2.45) is 5.92 Å². The van der Waals surface area contributed by atoms with E-state index in [2.05, 4.69) is 0 Å². The molecule has 1 aliphatic rings. The number of aliphatic carboxylic acids is 1. The SMILES string of the molecule is CCN(CC)C(=O)CN(CC(=O)O)CC1CC1. The second-order valence-electron chi connectivity index (χ2n) is 4.57. The molecule has 0 saturated heterocycles. The molecule has 1 aliphatic carbocycles. The summed E-state index contributed by atoms with van der Waals surface area (Å²) >= 11 is 0. The average molecular weight is 242 g/mol. The maximum absolute atomic E-state index is 11.9. The van der Waals surface area contributed by atoms with E-state index in [1.54, 1.807) is 9.80 Å². The molecule has 1 amide bonds. The van der Waals surface area contributed by atoms with E-state index in [0.717, 1.165) is 19.4 Å². The Balaban J connectivity index is 2.45. The average Bonchev–Trinajstić information content (AvgIpc) is 3.02. The number of amides is 1. The van der Waals surface area contributed by atoms with Crippen molar-refractivity contribution in [2.75, 3.05) is 32.7 Å². The molecule has 1 rings (SSSR count). The van der Waals surface area contributed by atoms with Crippen LogP contribution in [0, 0.1) is 5.92 Å². The molecule has 0 heterocycles. The number of carboxylic acids is 1. The minimum absolute atomic E-state index is 0.0249. The lowest BCUT2D eigenvalue weighted by atomic mass is 10.3. The van der Waals surface area contributed by atoms with Crippen molar-refractivity contribution in [3.05, 3.63) is 0 Å². The summed E-state index contributed by atoms with van der Waals surface area (Å²) in [5.41, 5.74) is 0. The molecule has 1 N–H and O–H groups in total. The van der Waals surface area contributed by atoms with E-state index in [1.807, 2.05) is 13.8 Å². The molecule has 0 atom stereocenters. The number of hydrogen-bond acceptors (Lipinski definition) is 3. The van der Waals surface area contributed by atoms with Crippen LogP contribution in [-0.4, -0.2) is 59.5 Å². The molecule has 0 aromatic rings. The highest BCUT2D eigenvalue weighted by Gasteiger charge is 2.26. The molecule has 0 aromatic heterocycles. The van der Waals surface area contributed by atoms with Gasteiger partial charge in [-0.2, -0.15) is 0 Å². The van der Waals surface area contributed by atoms with Gasteiger partial charge in [-0.1, -0.05) is 0 Å². The molecule has 1 fully saturated rings. The Labute approximate surface area is 102 Å². The summed E-state index contributed by atoms with van der Waals surface area (Å²) in [6.07, 6.45) is 2.32. The second kappa shape index (κ2) is 6.59. The van der Waals surface area contributed by atoms with Crippen molar-refractivity contribution in [2.45, 2.75) is 26.7 Å². The smallest absolute Gasteiger partial charge is 0.317 e. The third-order valence-electron chi connectivity index (χ3n) is 3.05. The first-order chi connectivity index (χ1) is 8.06. The lowest BCUT2D eigenvalue weighted by molar-refractivity contribution is -0.139. The van der Waals surface area contributed by atoms with Gasteiger partial charge in [0.15, 0.2) is 0 Å². The van der Waals surface area contributed by atoms with Crippen molar-refractivity contribution >= 4 is 11.9 Å². The van der Waals surface area contributed by atoms with Crippen LogP contribution < -0.4 is 0 Å². The first-order valence-electron chi connectivity index (χ1n) is 6.28. The Morgan fingerprint density at radius 3 is 2.18 bits per heavy atom. The van der Waals surface area contributed by atoms with Gasteiger partial charge in [-0.15, -0.1) is 0 Å². The van der Waals surface area contributed by atoms with Gasteiger partial charge in [0.1, 0.15) is 0 Å². The predicted molar refractivity (Wildman–Crippen MR) is 64.7 cm³/mol. The summed E-state index contributed by atoms with van der Waals surface area (Å²) in [7, 11) is 0. The topological polar surface area (TPSA) is 60.9 Å². The van der Waals surface area contributed by atoms with Crippen molar-refractivity contribution in [3.8, 4) is 0 Å². The monoisotopic (exact) mass is 242 g/mol. The minimum Gasteiger partial charge on any atom is -0.480 e. The van der Waals surface area contributed by atoms with Crippen LogP contribution in [0.5, 0.6) is 0 Å². The third kappa shape index (κ3) is 5.17. The van der Waals surface area contributed by atoms with Crippen molar-refractivity contribution in [3.63, 3.8) is 0 Å². The van der Waals surface area contributed by atoms with Gasteiger partial charge in [-0.25, -0.2) is 0 Å². The molecule has 17 heavy (non-hydrogen) atoms. The van der Waals surface area contributed by atoms with E-state index in [4.69, 9.17) is 5.11 Å². The maximum atomic E-state index is 11.9. The zero-order valence-corrected chi connectivity index (χ0v) is 10.7. The van der Waals surface area contributed by atoms with Crippen molar-refractivity contribution in [1.29, 1.82) is 0 Å². The second-order valence-corrected chi connectivity index (χ2v) is 4.57. The van der Waals surface area contributed by atoms with Gasteiger partial charge in [0.05, 0.1) is 13.1 Å². The zero-order chi connectivity index (χ0) is 12.8. The number of nitrogens with zero attached hydrogens (tertiary/aromatic N) is 2. The minimum atomic E-state index is -0.863. The fourth-order valence-corrected chi connectivity index (χ4v) is 1.91. The summed E-state index contributed by atoms with van der Waals surface area (Å²) in [4.78, 5) is 26.1. The predicted octanol–water partition coefficient (Wildman–Crippen LogP) is 0.651. The fraction of sp³-hybridized carbons (Fsp3) is 0.833. The zero-order valence-electron chi connectivity index (χ0n) is 10.7. The molecule has 0 spiro atoms. The van der Waals surface area contributed by atoms with E-state index >= 15 is 0 Å². The molecule has 0 aromatic carbocycles. The molecule has 0 aliphatic heterocycles. The van der Waals surface area contributed by atoms with Gasteiger partial charge in [0.25, 0.3) is 0 Å². The molecule has 1 saturated carbocycles. The van der Waals surface area contributed by atoms with E-state index in [0.29, 0.717) is 19.0 Å². The Hall–Kier alpha value is -1.10. The summed E-state index contributed by atoms with van der Waals surface area (Å²) in [6.45, 7) is 6.15. The third-order valence-corrected chi connectivity index (χ3v) is 3.05. The van der Waals surface area contributed by atoms with Gasteiger partial charge in [-0.05, 0) is 32.6 Å². The van der Waals surface area contributed by atoms with Crippen molar-refractivity contribution in [1.82, 2.24) is 9.80 Å². The number of carbonyl (C=O) groups is 2. The Morgan fingerprint density at radius 1 is 1.18 bits per heavy atom. The molecule has 0 radical (unpaired) electrons. The van der Waals surface area contributed by atoms with Crippen molar-refractivity contribution < 1.29 is 14.7 Å². The van der Waals surface area contributed by atoms with E-state index in [1.165, 1.54) is 0 Å². The lowest BCUT2D eigenvalue weighted by Crippen LogP contribution is -2.42. The highest BCUT2D eigenvalue weighted by atomic mass is 16.4. The van der Waals surface area contributed by atoms with E-state index in [-0.39, 0.29) is 19.0 Å². The lowest BCUT2D eigenvalue weighted by Gasteiger charge is -2.24. The van der Waals surface area contributed by atoms with Crippen LogP contribution in [0.2, 0.25) is 0 Å². The molecule has 0 bridgehead atoms. The van der Waals surface area contributed by atoms with Crippen LogP contribution in [0.15, 0.2) is 0 Å². The van der Waals surface area contributed by atoms with Gasteiger partial charge < -0.3 is 10.0 Å². The van der Waals surface area contributed by atoms with Gasteiger partial charge >= 0.3 is 5.97 Å². The van der Waals surface area contributed by atoms with Crippen LogP contribution in [0.25, 0.3) is 0 Å². The first-order valence-corrected chi connectivity index (χ1v) is 6.28. The Morgan fingerprint density at radius 2 is 1.76 bits per heavy atom. The molecular weight excluding hydrogens is 220 g/mol. The molecular formula is C12H22N2O3. The first kappa shape index (κ1) is 14.0. The Bertz CT molecular complexity index is 273.